The van der Waals surface area contributed by atoms with Crippen LogP contribution in [0.15, 0.2) is 57.5 Å². The smallest absolute Gasteiger partial charge is 0.271 e. The number of carbonyl (C=O) groups is 1. The Hall–Kier alpha value is -3.85. The maximum absolute atomic E-state index is 13.7. The molecule has 3 aromatic rings. The first-order valence-electron chi connectivity index (χ1n) is 10.6. The maximum atomic E-state index is 13.7. The van der Waals surface area contributed by atoms with Gasteiger partial charge in [0.1, 0.15) is 11.5 Å². The molecule has 8 nitrogen and oxygen atoms in total. The first-order chi connectivity index (χ1) is 16.4. The summed E-state index contributed by atoms with van der Waals surface area (Å²) in [5.41, 5.74) is 2.27. The van der Waals surface area contributed by atoms with Crippen LogP contribution in [0.5, 0.6) is 23.0 Å². The van der Waals surface area contributed by atoms with Crippen molar-refractivity contribution in [1.29, 1.82) is 0 Å². The number of methoxy groups -OCH3 is 2. The van der Waals surface area contributed by atoms with Crippen molar-refractivity contribution in [2.45, 2.75) is 19.9 Å². The number of nitrogens with zero attached hydrogens (tertiary/aromatic N) is 2. The number of carbonyl (C=O) groups excluding carboxylic acids is 1. The van der Waals surface area contributed by atoms with Gasteiger partial charge in [0.15, 0.2) is 22.1 Å². The van der Waals surface area contributed by atoms with Crippen molar-refractivity contribution < 1.29 is 23.7 Å². The number of rotatable bonds is 5. The lowest BCUT2D eigenvalue weighted by molar-refractivity contribution is -0.114. The number of hydrogen-bond donors (Lipinski definition) is 0. The van der Waals surface area contributed by atoms with E-state index in [1.807, 2.05) is 24.3 Å². The van der Waals surface area contributed by atoms with Crippen molar-refractivity contribution in [3.63, 3.8) is 0 Å². The molecule has 5 rings (SSSR count). The molecule has 2 aliphatic heterocycles. The number of ketones is 1. The zero-order valence-electron chi connectivity index (χ0n) is 19.1. The molecule has 0 aliphatic carbocycles. The Morgan fingerprint density at radius 1 is 1.15 bits per heavy atom. The van der Waals surface area contributed by atoms with Crippen molar-refractivity contribution in [2.24, 2.45) is 4.99 Å². The maximum Gasteiger partial charge on any atom is 0.271 e. The third kappa shape index (κ3) is 3.58. The molecular formula is C25H22N2O6S. The molecule has 2 aliphatic rings. The number of thiazole rings is 1. The minimum atomic E-state index is -0.673. The van der Waals surface area contributed by atoms with Crippen LogP contribution >= 0.6 is 11.3 Å². The summed E-state index contributed by atoms with van der Waals surface area (Å²) in [5.74, 6) is 2.28. The standard InChI is InChI=1S/C25H22N2O6S/c1-13-22(14(2)28)23(17-7-6-16(30-3)11-19(17)31-4)27-24(29)21(34-25(27)26-13)10-15-5-8-18-20(9-15)33-12-32-18/h5-11,23H,12H2,1-4H3/b21-10+/t23-/m0/s1. The van der Waals surface area contributed by atoms with E-state index in [2.05, 4.69) is 4.99 Å². The number of benzene rings is 2. The highest BCUT2D eigenvalue weighted by molar-refractivity contribution is 7.07. The fourth-order valence-corrected chi connectivity index (χ4v) is 5.31. The molecular weight excluding hydrogens is 456 g/mol. The van der Waals surface area contributed by atoms with E-state index in [0.29, 0.717) is 49.2 Å². The molecule has 9 heteroatoms. The van der Waals surface area contributed by atoms with Gasteiger partial charge in [-0.1, -0.05) is 17.4 Å². The second-order valence-electron chi connectivity index (χ2n) is 7.86. The van der Waals surface area contributed by atoms with Crippen LogP contribution in [0.3, 0.4) is 0 Å². The highest BCUT2D eigenvalue weighted by Gasteiger charge is 2.32. The number of ether oxygens (including phenoxy) is 4. The van der Waals surface area contributed by atoms with Gasteiger partial charge in [0.25, 0.3) is 5.56 Å². The van der Waals surface area contributed by atoms with Gasteiger partial charge in [-0.05, 0) is 49.8 Å². The van der Waals surface area contributed by atoms with Gasteiger partial charge in [0.05, 0.1) is 24.8 Å². The zero-order chi connectivity index (χ0) is 24.0. The summed E-state index contributed by atoms with van der Waals surface area (Å²) < 4.78 is 23.8. The number of Topliss-reactive ketones (excluding diaryl/α,β-unsaturated/α-hetero) is 1. The van der Waals surface area contributed by atoms with Crippen molar-refractivity contribution in [2.75, 3.05) is 21.0 Å². The topological polar surface area (TPSA) is 88.4 Å². The van der Waals surface area contributed by atoms with E-state index in [0.717, 1.165) is 5.56 Å². The summed E-state index contributed by atoms with van der Waals surface area (Å²) in [4.78, 5) is 31.5. The number of hydrogen-bond acceptors (Lipinski definition) is 8. The summed E-state index contributed by atoms with van der Waals surface area (Å²) in [6, 6.07) is 10.2. The van der Waals surface area contributed by atoms with E-state index in [4.69, 9.17) is 18.9 Å². The molecule has 0 saturated carbocycles. The molecule has 0 saturated heterocycles. The SMILES string of the molecule is COc1ccc([C@H]2C(C(C)=O)=C(C)N=c3s/c(=C/c4ccc5c(c4)OCO5)c(=O)n32)c(OC)c1. The summed E-state index contributed by atoms with van der Waals surface area (Å²) in [5, 5.41) is 0. The molecule has 3 heterocycles. The molecule has 0 unspecified atom stereocenters. The third-order valence-corrected chi connectivity index (χ3v) is 6.81. The van der Waals surface area contributed by atoms with Crippen molar-refractivity contribution in [3.8, 4) is 23.0 Å². The van der Waals surface area contributed by atoms with Gasteiger partial charge in [-0.2, -0.15) is 0 Å². The third-order valence-electron chi connectivity index (χ3n) is 5.83. The van der Waals surface area contributed by atoms with Gasteiger partial charge in [-0.15, -0.1) is 0 Å². The van der Waals surface area contributed by atoms with Crippen LogP contribution in [0.4, 0.5) is 0 Å². The van der Waals surface area contributed by atoms with Gasteiger partial charge in [-0.25, -0.2) is 4.99 Å². The number of aromatic nitrogens is 1. The summed E-state index contributed by atoms with van der Waals surface area (Å²) in [7, 11) is 3.12. The predicted molar refractivity (Wildman–Crippen MR) is 127 cm³/mol. The van der Waals surface area contributed by atoms with Crippen molar-refractivity contribution in [3.05, 3.63) is 78.5 Å². The Balaban J connectivity index is 1.73. The van der Waals surface area contributed by atoms with Crippen molar-refractivity contribution in [1.82, 2.24) is 4.57 Å². The van der Waals surface area contributed by atoms with Gasteiger partial charge in [-0.3, -0.25) is 14.2 Å². The van der Waals surface area contributed by atoms with Gasteiger partial charge >= 0.3 is 0 Å². The normalized spacial score (nSPS) is 16.8. The van der Waals surface area contributed by atoms with Crippen LogP contribution in [0.2, 0.25) is 0 Å². The molecule has 174 valence electrons. The van der Waals surface area contributed by atoms with Gasteiger partial charge in [0, 0.05) is 22.9 Å². The van der Waals surface area contributed by atoms with E-state index in [9.17, 15) is 9.59 Å². The highest BCUT2D eigenvalue weighted by Crippen LogP contribution is 2.37. The Kier molecular flexibility index (Phi) is 5.49. The van der Waals surface area contributed by atoms with Crippen LogP contribution in [0.1, 0.15) is 31.0 Å². The fourth-order valence-electron chi connectivity index (χ4n) is 4.26. The quantitative estimate of drug-likeness (QED) is 0.560. The van der Waals surface area contributed by atoms with Crippen molar-refractivity contribution >= 4 is 23.2 Å². The summed E-state index contributed by atoms with van der Waals surface area (Å²) in [6.07, 6.45) is 1.79. The van der Waals surface area contributed by atoms with Gasteiger partial charge in [0.2, 0.25) is 6.79 Å². The minimum Gasteiger partial charge on any atom is -0.497 e. The van der Waals surface area contributed by atoms with E-state index in [1.54, 1.807) is 43.9 Å². The Labute approximate surface area is 199 Å². The van der Waals surface area contributed by atoms with Crippen LogP contribution in [0.25, 0.3) is 6.08 Å². The lowest BCUT2D eigenvalue weighted by atomic mass is 9.92. The summed E-state index contributed by atoms with van der Waals surface area (Å²) >= 11 is 1.27. The molecule has 0 bridgehead atoms. The second kappa shape index (κ2) is 8.49. The number of fused-ring (bicyclic) bond motifs is 2. The van der Waals surface area contributed by atoms with E-state index < -0.39 is 6.04 Å². The van der Waals surface area contributed by atoms with Crippen LogP contribution in [-0.2, 0) is 4.79 Å². The second-order valence-corrected chi connectivity index (χ2v) is 8.87. The lowest BCUT2D eigenvalue weighted by Crippen LogP contribution is -2.39. The molecule has 0 N–H and O–H groups in total. The highest BCUT2D eigenvalue weighted by atomic mass is 32.1. The largest absolute Gasteiger partial charge is 0.497 e. The van der Waals surface area contributed by atoms with Crippen LogP contribution in [0, 0.1) is 0 Å². The van der Waals surface area contributed by atoms with Gasteiger partial charge < -0.3 is 18.9 Å². The molecule has 1 atom stereocenters. The molecule has 34 heavy (non-hydrogen) atoms. The van der Waals surface area contributed by atoms with Crippen LogP contribution in [-0.4, -0.2) is 31.4 Å². The van der Waals surface area contributed by atoms with Crippen LogP contribution < -0.4 is 33.8 Å². The Morgan fingerprint density at radius 3 is 2.68 bits per heavy atom. The molecule has 2 aromatic carbocycles. The molecule has 0 fully saturated rings. The predicted octanol–water partition coefficient (Wildman–Crippen LogP) is 2.57. The van der Waals surface area contributed by atoms with E-state index in [-0.39, 0.29) is 18.1 Å². The first-order valence-corrected chi connectivity index (χ1v) is 11.4. The average molecular weight is 479 g/mol. The molecule has 0 amide bonds. The molecule has 1 aromatic heterocycles. The van der Waals surface area contributed by atoms with E-state index >= 15 is 0 Å². The average Bonchev–Trinajstić information content (AvgIpc) is 3.41. The summed E-state index contributed by atoms with van der Waals surface area (Å²) in [6.45, 7) is 3.45. The first kappa shape index (κ1) is 22.0. The number of allylic oxidation sites excluding steroid dienone is 2. The fraction of sp³-hybridized carbons (Fsp3) is 0.240. The lowest BCUT2D eigenvalue weighted by Gasteiger charge is -2.26. The minimum absolute atomic E-state index is 0.158. The Bertz CT molecular complexity index is 1530. The van der Waals surface area contributed by atoms with E-state index in [1.165, 1.54) is 18.3 Å². The Morgan fingerprint density at radius 2 is 1.94 bits per heavy atom. The monoisotopic (exact) mass is 478 g/mol. The molecule has 0 radical (unpaired) electrons. The molecule has 0 spiro atoms. The zero-order valence-corrected chi connectivity index (χ0v) is 19.9.